The molecule has 1 aliphatic heterocycles. The van der Waals surface area contributed by atoms with Gasteiger partial charge in [0, 0.05) is 30.3 Å². The molecule has 3 rings (SSSR count). The lowest BCUT2D eigenvalue weighted by atomic mass is 9.92. The van der Waals surface area contributed by atoms with Crippen LogP contribution in [0, 0.1) is 11.9 Å². The minimum atomic E-state index is -0.612. The maximum atomic E-state index is 13.4. The maximum absolute atomic E-state index is 13.4. The van der Waals surface area contributed by atoms with Crippen LogP contribution in [0.1, 0.15) is 38.3 Å². The summed E-state index contributed by atoms with van der Waals surface area (Å²) in [6.45, 7) is 7.42. The van der Waals surface area contributed by atoms with Crippen molar-refractivity contribution in [2.75, 3.05) is 19.6 Å². The van der Waals surface area contributed by atoms with Crippen LogP contribution in [0.25, 0.3) is 11.4 Å². The first-order valence-electron chi connectivity index (χ1n) is 8.58. The number of hydrogen-bond acceptors (Lipinski definition) is 4. The number of halogens is 2. The summed E-state index contributed by atoms with van der Waals surface area (Å²) in [5.41, 5.74) is 0.713. The van der Waals surface area contributed by atoms with Gasteiger partial charge in [0.05, 0.1) is 5.69 Å². The number of aromatic amines is 1. The van der Waals surface area contributed by atoms with Gasteiger partial charge in [-0.2, -0.15) is 4.39 Å². The highest BCUT2D eigenvalue weighted by atomic mass is 35.5. The number of nitrogens with zero attached hydrogens (tertiary/aromatic N) is 3. The Morgan fingerprint density at radius 1 is 1.40 bits per heavy atom. The predicted molar refractivity (Wildman–Crippen MR) is 96.3 cm³/mol. The number of likely N-dealkylation sites (tertiary alicyclic amines) is 1. The molecule has 25 heavy (non-hydrogen) atoms. The van der Waals surface area contributed by atoms with Gasteiger partial charge in [0.15, 0.2) is 0 Å². The van der Waals surface area contributed by atoms with Crippen LogP contribution in [-0.4, -0.2) is 39.5 Å². The van der Waals surface area contributed by atoms with Crippen LogP contribution in [0.15, 0.2) is 23.1 Å². The highest BCUT2D eigenvalue weighted by Crippen LogP contribution is 2.31. The van der Waals surface area contributed by atoms with Crippen molar-refractivity contribution >= 4 is 11.6 Å². The smallest absolute Gasteiger partial charge is 0.270 e. The minimum absolute atomic E-state index is 0.139. The van der Waals surface area contributed by atoms with E-state index in [1.165, 1.54) is 12.3 Å². The summed E-state index contributed by atoms with van der Waals surface area (Å²) in [7, 11) is 0. The van der Waals surface area contributed by atoms with Gasteiger partial charge in [-0.3, -0.25) is 4.79 Å². The molecule has 2 aromatic heterocycles. The third kappa shape index (κ3) is 4.25. The summed E-state index contributed by atoms with van der Waals surface area (Å²) in [6, 6.07) is 2.87. The number of nitrogens with one attached hydrogen (secondary N) is 1. The average molecular weight is 365 g/mol. The largest absolute Gasteiger partial charge is 0.305 e. The molecule has 0 atom stereocenters. The highest BCUT2D eigenvalue weighted by molar-refractivity contribution is 6.31. The second-order valence-corrected chi connectivity index (χ2v) is 7.33. The van der Waals surface area contributed by atoms with E-state index >= 15 is 0 Å². The van der Waals surface area contributed by atoms with Crippen LogP contribution >= 0.6 is 11.6 Å². The van der Waals surface area contributed by atoms with Crippen molar-refractivity contribution in [3.63, 3.8) is 0 Å². The second kappa shape index (κ2) is 7.62. The molecule has 0 saturated carbocycles. The van der Waals surface area contributed by atoms with Crippen molar-refractivity contribution in [2.24, 2.45) is 5.92 Å². The first kappa shape index (κ1) is 18.0. The van der Waals surface area contributed by atoms with Gasteiger partial charge >= 0.3 is 0 Å². The van der Waals surface area contributed by atoms with Gasteiger partial charge in [0.2, 0.25) is 5.95 Å². The van der Waals surface area contributed by atoms with Crippen molar-refractivity contribution < 1.29 is 4.39 Å². The third-order valence-corrected chi connectivity index (χ3v) is 4.85. The van der Waals surface area contributed by atoms with Crippen molar-refractivity contribution in [3.8, 4) is 11.4 Å². The lowest BCUT2D eigenvalue weighted by molar-refractivity contribution is 0.191. The molecule has 0 unspecified atom stereocenters. The van der Waals surface area contributed by atoms with Gasteiger partial charge in [-0.25, -0.2) is 9.97 Å². The minimum Gasteiger partial charge on any atom is -0.305 e. The average Bonchev–Trinajstić information content (AvgIpc) is 2.57. The Balaban J connectivity index is 1.86. The lowest BCUT2D eigenvalue weighted by Crippen LogP contribution is -2.36. The van der Waals surface area contributed by atoms with E-state index in [1.54, 1.807) is 6.07 Å². The summed E-state index contributed by atoms with van der Waals surface area (Å²) >= 11 is 6.23. The Bertz CT molecular complexity index is 800. The van der Waals surface area contributed by atoms with Crippen molar-refractivity contribution in [3.05, 3.63) is 45.3 Å². The second-order valence-electron chi connectivity index (χ2n) is 6.95. The van der Waals surface area contributed by atoms with E-state index < -0.39 is 5.95 Å². The molecule has 0 radical (unpaired) electrons. The summed E-state index contributed by atoms with van der Waals surface area (Å²) in [6.07, 6.45) is 3.17. The summed E-state index contributed by atoms with van der Waals surface area (Å²) in [5.74, 6) is 0.489. The van der Waals surface area contributed by atoms with Gasteiger partial charge in [0.1, 0.15) is 10.8 Å². The summed E-state index contributed by atoms with van der Waals surface area (Å²) in [5, 5.41) is 0.139. The summed E-state index contributed by atoms with van der Waals surface area (Å²) in [4.78, 5) is 25.4. The van der Waals surface area contributed by atoms with Crippen LogP contribution in [-0.2, 0) is 0 Å². The molecule has 7 heteroatoms. The summed E-state index contributed by atoms with van der Waals surface area (Å²) < 4.78 is 13.4. The molecule has 1 N–H and O–H groups in total. The van der Waals surface area contributed by atoms with Crippen LogP contribution in [0.3, 0.4) is 0 Å². The Morgan fingerprint density at radius 3 is 2.76 bits per heavy atom. The predicted octanol–water partition coefficient (Wildman–Crippen LogP) is 3.46. The zero-order chi connectivity index (χ0) is 18.0. The lowest BCUT2D eigenvalue weighted by Gasteiger charge is -2.32. The Morgan fingerprint density at radius 2 is 2.12 bits per heavy atom. The number of hydrogen-bond donors (Lipinski definition) is 1. The van der Waals surface area contributed by atoms with Crippen molar-refractivity contribution in [2.45, 2.75) is 32.6 Å². The van der Waals surface area contributed by atoms with Gasteiger partial charge in [-0.15, -0.1) is 0 Å². The van der Waals surface area contributed by atoms with E-state index in [9.17, 15) is 9.18 Å². The molecule has 134 valence electrons. The van der Waals surface area contributed by atoms with E-state index in [-0.39, 0.29) is 16.5 Å². The van der Waals surface area contributed by atoms with Gasteiger partial charge in [-0.1, -0.05) is 25.4 Å². The van der Waals surface area contributed by atoms with E-state index in [2.05, 4.69) is 33.7 Å². The SMILES string of the molecule is CC(C)CN1CCC(c2nc(-c3ccnc(F)c3)[nH]c(=O)c2Cl)CC1. The molecular formula is C18H22ClFN4O. The Kier molecular flexibility index (Phi) is 5.49. The third-order valence-electron chi connectivity index (χ3n) is 4.49. The number of pyridine rings is 1. The molecule has 5 nitrogen and oxygen atoms in total. The van der Waals surface area contributed by atoms with E-state index in [0.717, 1.165) is 32.5 Å². The fourth-order valence-corrected chi connectivity index (χ4v) is 3.58. The molecule has 0 aromatic carbocycles. The maximum Gasteiger partial charge on any atom is 0.270 e. The first-order chi connectivity index (χ1) is 11.9. The molecule has 1 aliphatic rings. The number of piperidine rings is 1. The fourth-order valence-electron chi connectivity index (χ4n) is 3.34. The van der Waals surface area contributed by atoms with Crippen LogP contribution in [0.4, 0.5) is 4.39 Å². The monoisotopic (exact) mass is 364 g/mol. The van der Waals surface area contributed by atoms with Gasteiger partial charge in [-0.05, 0) is 37.9 Å². The van der Waals surface area contributed by atoms with Gasteiger partial charge in [0.25, 0.3) is 5.56 Å². The van der Waals surface area contributed by atoms with E-state index in [0.29, 0.717) is 23.0 Å². The van der Waals surface area contributed by atoms with E-state index in [1.807, 2.05) is 0 Å². The number of aromatic nitrogens is 3. The quantitative estimate of drug-likeness (QED) is 0.844. The molecule has 0 aliphatic carbocycles. The van der Waals surface area contributed by atoms with E-state index in [4.69, 9.17) is 11.6 Å². The Hall–Kier alpha value is -1.79. The highest BCUT2D eigenvalue weighted by Gasteiger charge is 2.25. The molecule has 1 saturated heterocycles. The van der Waals surface area contributed by atoms with Crippen molar-refractivity contribution in [1.29, 1.82) is 0 Å². The van der Waals surface area contributed by atoms with Crippen LogP contribution < -0.4 is 5.56 Å². The number of rotatable bonds is 4. The first-order valence-corrected chi connectivity index (χ1v) is 8.96. The Labute approximate surface area is 151 Å². The molecule has 2 aromatic rings. The molecule has 0 spiro atoms. The zero-order valence-corrected chi connectivity index (χ0v) is 15.2. The molecular weight excluding hydrogens is 343 g/mol. The topological polar surface area (TPSA) is 61.9 Å². The van der Waals surface area contributed by atoms with Crippen LogP contribution in [0.2, 0.25) is 5.02 Å². The standard InChI is InChI=1S/C18H22ClFN4O/c1-11(2)10-24-7-4-12(5-8-24)16-15(19)18(25)23-17(22-16)13-3-6-21-14(20)9-13/h3,6,9,11-12H,4-5,7-8,10H2,1-2H3,(H,22,23,25). The molecule has 0 bridgehead atoms. The fraction of sp³-hybridized carbons (Fsp3) is 0.500. The number of H-pyrrole nitrogens is 1. The molecule has 1 fully saturated rings. The van der Waals surface area contributed by atoms with Gasteiger partial charge < -0.3 is 9.88 Å². The normalized spacial score (nSPS) is 16.5. The van der Waals surface area contributed by atoms with Crippen molar-refractivity contribution in [1.82, 2.24) is 19.9 Å². The zero-order valence-electron chi connectivity index (χ0n) is 14.4. The van der Waals surface area contributed by atoms with Crippen LogP contribution in [0.5, 0.6) is 0 Å². The molecule has 0 amide bonds. The molecule has 3 heterocycles.